The van der Waals surface area contributed by atoms with E-state index in [1.54, 1.807) is 0 Å². The van der Waals surface area contributed by atoms with Crippen molar-refractivity contribution in [1.82, 2.24) is 0 Å². The minimum absolute atomic E-state index is 0.0260. The van der Waals surface area contributed by atoms with Gasteiger partial charge in [0, 0.05) is 12.8 Å². The van der Waals surface area contributed by atoms with E-state index < -0.39 is 26.5 Å². The standard InChI is InChI=1S/C48H86NO8P/c1-6-8-10-12-14-16-18-20-21-22-23-24-25-26-27-29-31-33-35-37-39-41-48(51)57-46(45-56-58(52,53)55-43-42-49(3,4)5)44-54-47(50)40-38-36-34-32-30-28-19-17-15-13-11-9-7-2/h8,10,14,16,20-21,23-24,26-27,46H,6-7,9,11-13,15,17-19,22,25,28-45H2,1-5H3/p+1/b10-8-,16-14-,21-20-,24-23-,27-26-. The van der Waals surface area contributed by atoms with Gasteiger partial charge in [0.25, 0.3) is 0 Å². The summed E-state index contributed by atoms with van der Waals surface area (Å²) >= 11 is 0. The zero-order valence-corrected chi connectivity index (χ0v) is 38.7. The van der Waals surface area contributed by atoms with Crippen molar-refractivity contribution in [3.8, 4) is 0 Å². The molecule has 58 heavy (non-hydrogen) atoms. The number of hydrogen-bond acceptors (Lipinski definition) is 7. The van der Waals surface area contributed by atoms with Gasteiger partial charge in [0.1, 0.15) is 19.8 Å². The Kier molecular flexibility index (Phi) is 38.5. The summed E-state index contributed by atoms with van der Waals surface area (Å²) in [6, 6.07) is 0. The van der Waals surface area contributed by atoms with Crippen molar-refractivity contribution < 1.29 is 42.1 Å². The second-order valence-corrected chi connectivity index (χ2v) is 17.9. The summed E-state index contributed by atoms with van der Waals surface area (Å²) in [4.78, 5) is 35.4. The largest absolute Gasteiger partial charge is 0.472 e. The topological polar surface area (TPSA) is 108 Å². The first-order valence-electron chi connectivity index (χ1n) is 23.0. The second kappa shape index (κ2) is 40.1. The highest BCUT2D eigenvalue weighted by Gasteiger charge is 2.27. The molecule has 2 unspecified atom stereocenters. The highest BCUT2D eigenvalue weighted by Crippen LogP contribution is 2.43. The van der Waals surface area contributed by atoms with Gasteiger partial charge >= 0.3 is 19.8 Å². The summed E-state index contributed by atoms with van der Waals surface area (Å²) in [5, 5.41) is 0. The Hall–Kier alpha value is -2.29. The maximum absolute atomic E-state index is 12.7. The van der Waals surface area contributed by atoms with E-state index in [2.05, 4.69) is 74.6 Å². The summed E-state index contributed by atoms with van der Waals surface area (Å²) in [6.45, 7) is 4.28. The monoisotopic (exact) mass is 837 g/mol. The van der Waals surface area contributed by atoms with E-state index in [0.717, 1.165) is 83.5 Å². The van der Waals surface area contributed by atoms with Gasteiger partial charge in [-0.15, -0.1) is 0 Å². The van der Waals surface area contributed by atoms with Crippen LogP contribution in [-0.2, 0) is 32.7 Å². The van der Waals surface area contributed by atoms with Crippen LogP contribution in [-0.4, -0.2) is 74.9 Å². The summed E-state index contributed by atoms with van der Waals surface area (Å²) in [5.41, 5.74) is 0. The molecule has 0 aromatic rings. The molecule has 0 spiro atoms. The molecule has 0 aromatic heterocycles. The summed E-state index contributed by atoms with van der Waals surface area (Å²) in [7, 11) is 1.46. The molecular formula is C48H87NO8P+. The first-order chi connectivity index (χ1) is 28.0. The molecule has 0 aliphatic carbocycles. The van der Waals surface area contributed by atoms with E-state index in [1.165, 1.54) is 64.2 Å². The molecular weight excluding hydrogens is 750 g/mol. The van der Waals surface area contributed by atoms with Gasteiger partial charge < -0.3 is 18.9 Å². The Morgan fingerprint density at radius 1 is 0.552 bits per heavy atom. The Morgan fingerprint density at radius 2 is 0.983 bits per heavy atom. The number of carbonyl (C=O) groups excluding carboxylic acids is 2. The number of esters is 2. The molecule has 336 valence electrons. The maximum atomic E-state index is 12.7. The van der Waals surface area contributed by atoms with Gasteiger partial charge in [0.15, 0.2) is 6.10 Å². The third-order valence-corrected chi connectivity index (χ3v) is 10.5. The van der Waals surface area contributed by atoms with Crippen LogP contribution in [0.15, 0.2) is 60.8 Å². The lowest BCUT2D eigenvalue weighted by atomic mass is 10.0. The zero-order chi connectivity index (χ0) is 42.8. The fraction of sp³-hybridized carbons (Fsp3) is 0.750. The number of nitrogens with zero attached hydrogens (tertiary/aromatic N) is 1. The third-order valence-electron chi connectivity index (χ3n) is 9.56. The van der Waals surface area contributed by atoms with Gasteiger partial charge in [-0.2, -0.15) is 0 Å². The number of carbonyl (C=O) groups is 2. The summed E-state index contributed by atoms with van der Waals surface area (Å²) < 4.78 is 34.3. The van der Waals surface area contributed by atoms with Gasteiger partial charge in [0.05, 0.1) is 27.7 Å². The van der Waals surface area contributed by atoms with Gasteiger partial charge in [-0.05, 0) is 57.8 Å². The zero-order valence-electron chi connectivity index (χ0n) is 37.8. The number of phosphoric ester groups is 1. The summed E-state index contributed by atoms with van der Waals surface area (Å²) in [6.07, 6.45) is 48.3. The van der Waals surface area contributed by atoms with Crippen molar-refractivity contribution in [2.75, 3.05) is 47.5 Å². The van der Waals surface area contributed by atoms with Crippen LogP contribution in [0.1, 0.15) is 181 Å². The lowest BCUT2D eigenvalue weighted by Crippen LogP contribution is -2.37. The number of hydrogen-bond donors (Lipinski definition) is 1. The lowest BCUT2D eigenvalue weighted by molar-refractivity contribution is -0.870. The highest BCUT2D eigenvalue weighted by atomic mass is 31.2. The number of allylic oxidation sites excluding steroid dienone is 10. The first-order valence-corrected chi connectivity index (χ1v) is 24.5. The lowest BCUT2D eigenvalue weighted by Gasteiger charge is -2.24. The second-order valence-electron chi connectivity index (χ2n) is 16.4. The van der Waals surface area contributed by atoms with E-state index in [0.29, 0.717) is 17.4 Å². The number of ether oxygens (including phenoxy) is 2. The number of phosphoric acid groups is 1. The molecule has 0 aliphatic rings. The SMILES string of the molecule is CC/C=C\C/C=C\C/C=C\C/C=C\C/C=C\CCCCCCCC(=O)OC(COC(=O)CCCCCCCCCCCCCCC)COP(=O)(O)OCC[N+](C)(C)C. The molecule has 0 fully saturated rings. The molecule has 0 aliphatic heterocycles. The van der Waals surface area contributed by atoms with E-state index in [-0.39, 0.29) is 32.0 Å². The first kappa shape index (κ1) is 55.7. The molecule has 0 rings (SSSR count). The fourth-order valence-corrected chi connectivity index (χ4v) is 6.72. The molecule has 0 aromatic carbocycles. The number of quaternary nitrogens is 1. The van der Waals surface area contributed by atoms with Gasteiger partial charge in [-0.25, -0.2) is 4.57 Å². The molecule has 0 heterocycles. The predicted octanol–water partition coefficient (Wildman–Crippen LogP) is 13.2. The maximum Gasteiger partial charge on any atom is 0.472 e. The number of rotatable bonds is 41. The Bertz CT molecular complexity index is 1170. The van der Waals surface area contributed by atoms with Crippen molar-refractivity contribution in [3.63, 3.8) is 0 Å². The van der Waals surface area contributed by atoms with Crippen LogP contribution in [0.5, 0.6) is 0 Å². The van der Waals surface area contributed by atoms with Crippen molar-refractivity contribution in [2.24, 2.45) is 0 Å². The van der Waals surface area contributed by atoms with Crippen molar-refractivity contribution in [1.29, 1.82) is 0 Å². The molecule has 9 nitrogen and oxygen atoms in total. The molecule has 0 bridgehead atoms. The van der Waals surface area contributed by atoms with Crippen LogP contribution in [0.3, 0.4) is 0 Å². The molecule has 10 heteroatoms. The van der Waals surface area contributed by atoms with Crippen molar-refractivity contribution in [2.45, 2.75) is 187 Å². The van der Waals surface area contributed by atoms with Crippen LogP contribution in [0.25, 0.3) is 0 Å². The Labute approximate surface area is 356 Å². The van der Waals surface area contributed by atoms with E-state index in [4.69, 9.17) is 18.5 Å². The van der Waals surface area contributed by atoms with E-state index in [1.807, 2.05) is 21.1 Å². The summed E-state index contributed by atoms with van der Waals surface area (Å²) in [5.74, 6) is -0.821. The van der Waals surface area contributed by atoms with Crippen LogP contribution >= 0.6 is 7.82 Å². The van der Waals surface area contributed by atoms with E-state index in [9.17, 15) is 19.0 Å². The van der Waals surface area contributed by atoms with Gasteiger partial charge in [0.2, 0.25) is 0 Å². The third kappa shape index (κ3) is 43.3. The average Bonchev–Trinajstić information content (AvgIpc) is 3.17. The quantitative estimate of drug-likeness (QED) is 0.0213. The van der Waals surface area contributed by atoms with E-state index >= 15 is 0 Å². The van der Waals surface area contributed by atoms with Crippen molar-refractivity contribution >= 4 is 19.8 Å². The van der Waals surface area contributed by atoms with Gasteiger partial charge in [-0.3, -0.25) is 18.6 Å². The fourth-order valence-electron chi connectivity index (χ4n) is 5.98. The molecule has 0 saturated heterocycles. The van der Waals surface area contributed by atoms with Crippen LogP contribution in [0.2, 0.25) is 0 Å². The number of unbranched alkanes of at least 4 members (excludes halogenated alkanes) is 17. The van der Waals surface area contributed by atoms with Gasteiger partial charge in [-0.1, -0.05) is 171 Å². The minimum atomic E-state index is -4.38. The molecule has 2 atom stereocenters. The Balaban J connectivity index is 4.37. The number of likely N-dealkylation sites (N-methyl/N-ethyl adjacent to an activating group) is 1. The molecule has 0 saturated carbocycles. The van der Waals surface area contributed by atoms with Crippen molar-refractivity contribution in [3.05, 3.63) is 60.8 Å². The van der Waals surface area contributed by atoms with Crippen LogP contribution < -0.4 is 0 Å². The predicted molar refractivity (Wildman–Crippen MR) is 243 cm³/mol. The molecule has 1 N–H and O–H groups in total. The molecule has 0 amide bonds. The highest BCUT2D eigenvalue weighted by molar-refractivity contribution is 7.47. The normalized spacial score (nSPS) is 14.1. The smallest absolute Gasteiger partial charge is 0.462 e. The Morgan fingerprint density at radius 3 is 1.47 bits per heavy atom. The minimum Gasteiger partial charge on any atom is -0.462 e. The average molecular weight is 837 g/mol. The van der Waals surface area contributed by atoms with Crippen LogP contribution in [0.4, 0.5) is 0 Å². The van der Waals surface area contributed by atoms with Crippen LogP contribution in [0, 0.1) is 0 Å². The molecule has 0 radical (unpaired) electrons.